The van der Waals surface area contributed by atoms with Gasteiger partial charge in [-0.25, -0.2) is 9.59 Å². The van der Waals surface area contributed by atoms with Crippen LogP contribution in [0.15, 0.2) is 36.4 Å². The zero-order chi connectivity index (χ0) is 36.5. The number of rotatable bonds is 13. The van der Waals surface area contributed by atoms with Gasteiger partial charge in [-0.2, -0.15) is 0 Å². The van der Waals surface area contributed by atoms with E-state index < -0.39 is 24.3 Å². The monoisotopic (exact) mass is 696 g/mol. The third kappa shape index (κ3) is 10.1. The van der Waals surface area contributed by atoms with Crippen LogP contribution < -0.4 is 29.6 Å². The number of amides is 2. The summed E-state index contributed by atoms with van der Waals surface area (Å²) in [6.45, 7) is 13.1. The lowest BCUT2D eigenvalue weighted by atomic mass is 9.75. The molecule has 8 atom stereocenters. The van der Waals surface area contributed by atoms with E-state index in [9.17, 15) is 9.59 Å². The highest BCUT2D eigenvalue weighted by molar-refractivity contribution is 5.71. The SMILES string of the molecule is COc1cc(OC)cc([C@@H](NC(=O)O[C@@H]2C[C@H](C)CC[C@H]2C(C)C)[C@H](NC(=O)O[C@@H]2C[C@H](C)CC[C@H]2C(C)C)c2cc(OC)cc(OC)c2)c1. The molecule has 0 heterocycles. The highest BCUT2D eigenvalue weighted by Gasteiger charge is 2.38. The predicted molar refractivity (Wildman–Crippen MR) is 194 cm³/mol. The molecule has 4 rings (SSSR count). The van der Waals surface area contributed by atoms with Crippen LogP contribution in [-0.4, -0.2) is 52.8 Å². The van der Waals surface area contributed by atoms with Gasteiger partial charge in [0.1, 0.15) is 35.2 Å². The fourth-order valence-electron chi connectivity index (χ4n) is 7.83. The van der Waals surface area contributed by atoms with Gasteiger partial charge in [0, 0.05) is 12.1 Å². The third-order valence-corrected chi connectivity index (χ3v) is 10.8. The molecule has 50 heavy (non-hydrogen) atoms. The normalized spacial score (nSPS) is 24.9. The predicted octanol–water partition coefficient (Wildman–Crippen LogP) is 8.88. The molecule has 2 aromatic rings. The Kier molecular flexibility index (Phi) is 14.0. The second-order valence-corrected chi connectivity index (χ2v) is 15.1. The molecule has 10 heteroatoms. The van der Waals surface area contributed by atoms with Gasteiger partial charge < -0.3 is 39.1 Å². The number of hydrogen-bond donors (Lipinski definition) is 2. The molecule has 0 saturated heterocycles. The van der Waals surface area contributed by atoms with E-state index in [4.69, 9.17) is 28.4 Å². The lowest BCUT2D eigenvalue weighted by molar-refractivity contribution is 0.000755. The van der Waals surface area contributed by atoms with E-state index in [0.717, 1.165) is 38.5 Å². The van der Waals surface area contributed by atoms with Crippen LogP contribution in [0.5, 0.6) is 23.0 Å². The molecule has 2 N–H and O–H groups in total. The number of hydrogen-bond acceptors (Lipinski definition) is 8. The summed E-state index contributed by atoms with van der Waals surface area (Å²) in [6, 6.07) is 9.11. The van der Waals surface area contributed by atoms with Gasteiger partial charge in [-0.05, 0) is 96.6 Å². The van der Waals surface area contributed by atoms with Gasteiger partial charge in [0.05, 0.1) is 40.5 Å². The molecule has 0 spiro atoms. The van der Waals surface area contributed by atoms with Crippen LogP contribution in [0.3, 0.4) is 0 Å². The third-order valence-electron chi connectivity index (χ3n) is 10.8. The summed E-state index contributed by atoms with van der Waals surface area (Å²) in [5, 5.41) is 6.30. The van der Waals surface area contributed by atoms with Crippen molar-refractivity contribution < 1.29 is 38.0 Å². The van der Waals surface area contributed by atoms with Crippen molar-refractivity contribution in [1.29, 1.82) is 0 Å². The van der Waals surface area contributed by atoms with E-state index in [1.54, 1.807) is 40.6 Å². The van der Waals surface area contributed by atoms with Crippen LogP contribution in [-0.2, 0) is 9.47 Å². The first-order valence-corrected chi connectivity index (χ1v) is 18.3. The van der Waals surface area contributed by atoms with Crippen molar-refractivity contribution in [2.75, 3.05) is 28.4 Å². The summed E-state index contributed by atoms with van der Waals surface area (Å²) in [4.78, 5) is 28.1. The molecule has 0 aliphatic heterocycles. The van der Waals surface area contributed by atoms with E-state index in [2.05, 4.69) is 52.2 Å². The summed E-state index contributed by atoms with van der Waals surface area (Å²) in [5.74, 6) is 4.26. The second kappa shape index (κ2) is 17.9. The van der Waals surface area contributed by atoms with Gasteiger partial charge in [0.25, 0.3) is 0 Å². The summed E-state index contributed by atoms with van der Waals surface area (Å²) in [5.41, 5.74) is 1.27. The molecule has 2 amide bonds. The zero-order valence-electron chi connectivity index (χ0n) is 31.7. The topological polar surface area (TPSA) is 114 Å². The number of alkyl carbamates (subject to hydrolysis) is 2. The Morgan fingerprint density at radius 3 is 1.16 bits per heavy atom. The van der Waals surface area contributed by atoms with Crippen molar-refractivity contribution in [3.63, 3.8) is 0 Å². The molecular weight excluding hydrogens is 636 g/mol. The fraction of sp³-hybridized carbons (Fsp3) is 0.650. The Balaban J connectivity index is 1.78. The van der Waals surface area contributed by atoms with Crippen molar-refractivity contribution in [2.24, 2.45) is 35.5 Å². The molecule has 2 saturated carbocycles. The minimum Gasteiger partial charge on any atom is -0.497 e. The first-order valence-electron chi connectivity index (χ1n) is 18.3. The van der Waals surface area contributed by atoms with Crippen molar-refractivity contribution in [1.82, 2.24) is 10.6 Å². The number of carbonyl (C=O) groups excluding carboxylic acids is 2. The average Bonchev–Trinajstić information content (AvgIpc) is 3.08. The smallest absolute Gasteiger partial charge is 0.407 e. The van der Waals surface area contributed by atoms with E-state index in [1.807, 2.05) is 24.3 Å². The van der Waals surface area contributed by atoms with Crippen molar-refractivity contribution in [3.05, 3.63) is 47.5 Å². The van der Waals surface area contributed by atoms with Crippen molar-refractivity contribution in [3.8, 4) is 23.0 Å². The standard InChI is InChI=1S/C40H60N2O8/c1-23(2)33-13-11-25(5)15-35(33)49-39(43)41-37(27-17-29(45-7)21-30(18-27)46-8)38(28-19-31(47-9)22-32(20-28)48-10)42-40(44)50-36-16-26(6)12-14-34(36)24(3)4/h17-26,33-38H,11-16H2,1-10H3,(H,41,43)(H,42,44)/t25-,26-,33+,34+,35-,36-,37-,38-/m1/s1. The number of carbonyl (C=O) groups is 2. The molecule has 2 fully saturated rings. The Labute approximate surface area is 299 Å². The van der Waals surface area contributed by atoms with E-state index in [0.29, 0.717) is 57.8 Å². The molecular formula is C40H60N2O8. The van der Waals surface area contributed by atoms with Gasteiger partial charge in [-0.3, -0.25) is 0 Å². The van der Waals surface area contributed by atoms with Crippen LogP contribution in [0, 0.1) is 35.5 Å². The summed E-state index contributed by atoms with van der Waals surface area (Å²) >= 11 is 0. The van der Waals surface area contributed by atoms with E-state index in [1.165, 1.54) is 0 Å². The molecule has 0 radical (unpaired) electrons. The molecule has 2 aliphatic carbocycles. The maximum Gasteiger partial charge on any atom is 0.407 e. The summed E-state index contributed by atoms with van der Waals surface area (Å²) in [7, 11) is 6.29. The highest BCUT2D eigenvalue weighted by Crippen LogP contribution is 2.40. The number of nitrogens with one attached hydrogen (secondary N) is 2. The first-order chi connectivity index (χ1) is 23.8. The van der Waals surface area contributed by atoms with Crippen LogP contribution in [0.1, 0.15) is 103 Å². The van der Waals surface area contributed by atoms with Crippen molar-refractivity contribution >= 4 is 12.2 Å². The summed E-state index contributed by atoms with van der Waals surface area (Å²) in [6.07, 6.45) is 4.23. The molecule has 10 nitrogen and oxygen atoms in total. The van der Waals surface area contributed by atoms with Gasteiger partial charge in [0.2, 0.25) is 0 Å². The van der Waals surface area contributed by atoms with E-state index in [-0.39, 0.29) is 24.0 Å². The number of ether oxygens (including phenoxy) is 6. The van der Waals surface area contributed by atoms with Gasteiger partial charge in [-0.15, -0.1) is 0 Å². The van der Waals surface area contributed by atoms with Crippen LogP contribution in [0.2, 0.25) is 0 Å². The second-order valence-electron chi connectivity index (χ2n) is 15.1. The van der Waals surface area contributed by atoms with Gasteiger partial charge in [0.15, 0.2) is 0 Å². The number of methoxy groups -OCH3 is 4. The van der Waals surface area contributed by atoms with Crippen LogP contribution in [0.4, 0.5) is 9.59 Å². The average molecular weight is 697 g/mol. The lowest BCUT2D eigenvalue weighted by Crippen LogP contribution is -2.45. The fourth-order valence-corrected chi connectivity index (χ4v) is 7.83. The van der Waals surface area contributed by atoms with E-state index >= 15 is 0 Å². The maximum atomic E-state index is 14.0. The van der Waals surface area contributed by atoms with Crippen LogP contribution in [0.25, 0.3) is 0 Å². The Morgan fingerprint density at radius 1 is 0.560 bits per heavy atom. The lowest BCUT2D eigenvalue weighted by Gasteiger charge is -2.38. The largest absolute Gasteiger partial charge is 0.497 e. The zero-order valence-corrected chi connectivity index (χ0v) is 31.7. The Bertz CT molecular complexity index is 1260. The minimum atomic E-state index is -0.847. The Hall–Kier alpha value is -3.82. The molecule has 278 valence electrons. The molecule has 2 aromatic carbocycles. The molecule has 2 aliphatic rings. The highest BCUT2D eigenvalue weighted by atomic mass is 16.6. The Morgan fingerprint density at radius 2 is 0.880 bits per heavy atom. The first kappa shape index (κ1) is 39.0. The minimum absolute atomic E-state index is 0.228. The quantitative estimate of drug-likeness (QED) is 0.214. The van der Waals surface area contributed by atoms with Gasteiger partial charge >= 0.3 is 12.2 Å². The summed E-state index contributed by atoms with van der Waals surface area (Å²) < 4.78 is 35.0. The van der Waals surface area contributed by atoms with Crippen molar-refractivity contribution in [2.45, 2.75) is 104 Å². The molecule has 0 aromatic heterocycles. The maximum absolute atomic E-state index is 14.0. The van der Waals surface area contributed by atoms with Gasteiger partial charge in [-0.1, -0.05) is 54.4 Å². The molecule has 0 unspecified atom stereocenters. The van der Waals surface area contributed by atoms with Crippen LogP contribution >= 0.6 is 0 Å². The number of benzene rings is 2. The molecule has 0 bridgehead atoms.